The summed E-state index contributed by atoms with van der Waals surface area (Å²) in [5.41, 5.74) is 0.437. The van der Waals surface area contributed by atoms with Crippen molar-refractivity contribution in [2.75, 3.05) is 43.0 Å². The minimum atomic E-state index is -0.596. The Hall–Kier alpha value is -3.56. The van der Waals surface area contributed by atoms with Crippen molar-refractivity contribution in [2.24, 2.45) is 5.92 Å². The smallest absolute Gasteiger partial charge is 0.255 e. The fourth-order valence-electron chi connectivity index (χ4n) is 4.71. The van der Waals surface area contributed by atoms with Gasteiger partial charge in [0.1, 0.15) is 17.3 Å². The molecule has 2 unspecified atom stereocenters. The van der Waals surface area contributed by atoms with E-state index in [1.807, 2.05) is 17.9 Å². The van der Waals surface area contributed by atoms with E-state index in [0.717, 1.165) is 5.82 Å². The highest BCUT2D eigenvalue weighted by molar-refractivity contribution is 6.01. The summed E-state index contributed by atoms with van der Waals surface area (Å²) in [7, 11) is 0. The SMILES string of the molecule is CCOc1nc(N2CCN(C(C)=O)CC2)ccc1NC(=O)C1CC12Cc1occc1C(=O)N2. The summed E-state index contributed by atoms with van der Waals surface area (Å²) in [6, 6.07) is 5.29. The first-order valence-electron chi connectivity index (χ1n) is 11.2. The van der Waals surface area contributed by atoms with Crippen molar-refractivity contribution >= 4 is 29.2 Å². The number of ether oxygens (including phenoxy) is 1. The number of nitrogens with one attached hydrogen (secondary N) is 2. The molecule has 0 bridgehead atoms. The molecule has 10 heteroatoms. The van der Waals surface area contributed by atoms with Crippen LogP contribution in [0, 0.1) is 5.92 Å². The maximum Gasteiger partial charge on any atom is 0.255 e. The number of hydrogen-bond donors (Lipinski definition) is 2. The monoisotopic (exact) mass is 453 g/mol. The second-order valence-electron chi connectivity index (χ2n) is 8.74. The van der Waals surface area contributed by atoms with Gasteiger partial charge in [-0.25, -0.2) is 0 Å². The van der Waals surface area contributed by atoms with E-state index >= 15 is 0 Å². The predicted octanol–water partition coefficient (Wildman–Crippen LogP) is 1.43. The summed E-state index contributed by atoms with van der Waals surface area (Å²) in [5.74, 6) is 1.06. The summed E-state index contributed by atoms with van der Waals surface area (Å²) in [4.78, 5) is 45.5. The topological polar surface area (TPSA) is 117 Å². The first-order valence-corrected chi connectivity index (χ1v) is 11.2. The summed E-state index contributed by atoms with van der Waals surface area (Å²) in [6.45, 7) is 6.50. The van der Waals surface area contributed by atoms with Crippen LogP contribution in [0.2, 0.25) is 0 Å². The molecule has 1 saturated carbocycles. The summed E-state index contributed by atoms with van der Waals surface area (Å²) in [5, 5.41) is 5.92. The molecule has 2 aliphatic heterocycles. The molecule has 174 valence electrons. The minimum absolute atomic E-state index is 0.0750. The van der Waals surface area contributed by atoms with Gasteiger partial charge in [0.25, 0.3) is 5.91 Å². The van der Waals surface area contributed by atoms with Crippen LogP contribution in [-0.4, -0.2) is 65.9 Å². The molecule has 2 fully saturated rings. The first-order chi connectivity index (χ1) is 15.9. The lowest BCUT2D eigenvalue weighted by Crippen LogP contribution is -2.48. The van der Waals surface area contributed by atoms with Crippen LogP contribution in [0.15, 0.2) is 28.9 Å². The number of carbonyl (C=O) groups excluding carboxylic acids is 3. The average molecular weight is 453 g/mol. The maximum absolute atomic E-state index is 13.0. The van der Waals surface area contributed by atoms with Crippen LogP contribution in [0.3, 0.4) is 0 Å². The number of hydrogen-bond acceptors (Lipinski definition) is 7. The Kier molecular flexibility index (Phi) is 5.22. The van der Waals surface area contributed by atoms with Crippen molar-refractivity contribution in [3.8, 4) is 5.88 Å². The van der Waals surface area contributed by atoms with Crippen LogP contribution in [-0.2, 0) is 16.0 Å². The molecule has 1 aliphatic carbocycles. The van der Waals surface area contributed by atoms with Crippen LogP contribution < -0.4 is 20.3 Å². The molecular formula is C23H27N5O5. The third-order valence-electron chi connectivity index (χ3n) is 6.65. The van der Waals surface area contributed by atoms with Crippen LogP contribution in [0.25, 0.3) is 0 Å². The van der Waals surface area contributed by atoms with Gasteiger partial charge in [0, 0.05) is 39.5 Å². The number of piperazine rings is 1. The third-order valence-corrected chi connectivity index (χ3v) is 6.65. The Labute approximate surface area is 191 Å². The van der Waals surface area contributed by atoms with Crippen LogP contribution in [0.5, 0.6) is 5.88 Å². The fourth-order valence-corrected chi connectivity index (χ4v) is 4.71. The van der Waals surface area contributed by atoms with Crippen molar-refractivity contribution in [1.82, 2.24) is 15.2 Å². The standard InChI is InChI=1S/C23H27N5O5/c1-3-32-22-17(4-5-19(25-22)28-9-7-27(8-10-28)14(2)29)24-21(31)16-12-23(16)13-18-15(6-11-33-18)20(30)26-23/h4-6,11,16H,3,7-10,12-13H2,1-2H3,(H,24,31)(H,26,30). The van der Waals surface area contributed by atoms with E-state index in [1.54, 1.807) is 19.1 Å². The quantitative estimate of drug-likeness (QED) is 0.703. The highest BCUT2D eigenvalue weighted by atomic mass is 16.5. The zero-order valence-electron chi connectivity index (χ0n) is 18.7. The Morgan fingerprint density at radius 1 is 1.27 bits per heavy atom. The molecule has 10 nitrogen and oxygen atoms in total. The molecule has 33 heavy (non-hydrogen) atoms. The van der Waals surface area contributed by atoms with Gasteiger partial charge in [-0.1, -0.05) is 0 Å². The van der Waals surface area contributed by atoms with Crippen molar-refractivity contribution in [1.29, 1.82) is 0 Å². The van der Waals surface area contributed by atoms with Gasteiger partial charge in [-0.2, -0.15) is 4.98 Å². The van der Waals surface area contributed by atoms with Gasteiger partial charge in [0.2, 0.25) is 17.7 Å². The number of amides is 3. The molecule has 5 rings (SSSR count). The number of anilines is 2. The second kappa shape index (κ2) is 8.09. The maximum atomic E-state index is 13.0. The minimum Gasteiger partial charge on any atom is -0.476 e. The molecule has 1 saturated heterocycles. The largest absolute Gasteiger partial charge is 0.476 e. The van der Waals surface area contributed by atoms with Gasteiger partial charge in [0.15, 0.2) is 0 Å². The fraction of sp³-hybridized carbons (Fsp3) is 0.478. The number of carbonyl (C=O) groups is 3. The van der Waals surface area contributed by atoms with Gasteiger partial charge in [-0.05, 0) is 31.5 Å². The lowest BCUT2D eigenvalue weighted by atomic mass is 9.99. The molecule has 3 amide bonds. The molecule has 3 aliphatic rings. The number of rotatable bonds is 5. The van der Waals surface area contributed by atoms with E-state index < -0.39 is 5.54 Å². The van der Waals surface area contributed by atoms with Crippen LogP contribution in [0.1, 0.15) is 36.4 Å². The first kappa shape index (κ1) is 21.3. The highest BCUT2D eigenvalue weighted by Crippen LogP contribution is 2.49. The van der Waals surface area contributed by atoms with E-state index in [4.69, 9.17) is 9.15 Å². The number of pyridine rings is 1. The number of aromatic nitrogens is 1. The van der Waals surface area contributed by atoms with E-state index in [0.29, 0.717) is 68.5 Å². The van der Waals surface area contributed by atoms with E-state index in [9.17, 15) is 14.4 Å². The van der Waals surface area contributed by atoms with Crippen molar-refractivity contribution in [2.45, 2.75) is 32.2 Å². The number of nitrogens with zero attached hydrogens (tertiary/aromatic N) is 3. The molecule has 2 atom stereocenters. The number of furan rings is 1. The van der Waals surface area contributed by atoms with Gasteiger partial charge in [-0.3, -0.25) is 14.4 Å². The highest BCUT2D eigenvalue weighted by Gasteiger charge is 2.61. The normalized spacial score (nSPS) is 23.7. The molecule has 0 aromatic carbocycles. The van der Waals surface area contributed by atoms with E-state index in [1.165, 1.54) is 6.26 Å². The molecular weight excluding hydrogens is 426 g/mol. The molecule has 0 radical (unpaired) electrons. The van der Waals surface area contributed by atoms with E-state index in [-0.39, 0.29) is 23.6 Å². The van der Waals surface area contributed by atoms with E-state index in [2.05, 4.69) is 20.5 Å². The molecule has 1 spiro atoms. The zero-order valence-corrected chi connectivity index (χ0v) is 18.7. The Morgan fingerprint density at radius 3 is 2.79 bits per heavy atom. The Bertz CT molecular complexity index is 1110. The van der Waals surface area contributed by atoms with Gasteiger partial charge >= 0.3 is 0 Å². The van der Waals surface area contributed by atoms with Crippen molar-refractivity contribution < 1.29 is 23.5 Å². The predicted molar refractivity (Wildman–Crippen MR) is 119 cm³/mol. The molecule has 4 heterocycles. The molecule has 2 N–H and O–H groups in total. The third kappa shape index (κ3) is 3.90. The lowest BCUT2D eigenvalue weighted by Gasteiger charge is -2.35. The van der Waals surface area contributed by atoms with Crippen molar-refractivity contribution in [3.05, 3.63) is 35.8 Å². The van der Waals surface area contributed by atoms with Gasteiger partial charge < -0.3 is 29.6 Å². The molecule has 2 aromatic rings. The Balaban J connectivity index is 1.27. The van der Waals surface area contributed by atoms with Crippen LogP contribution in [0.4, 0.5) is 11.5 Å². The lowest BCUT2D eigenvalue weighted by molar-refractivity contribution is -0.129. The van der Waals surface area contributed by atoms with Gasteiger partial charge in [0.05, 0.1) is 29.9 Å². The van der Waals surface area contributed by atoms with Crippen molar-refractivity contribution in [3.63, 3.8) is 0 Å². The zero-order chi connectivity index (χ0) is 23.2. The van der Waals surface area contributed by atoms with Crippen LogP contribution >= 0.6 is 0 Å². The average Bonchev–Trinajstić information content (AvgIpc) is 3.26. The Morgan fingerprint density at radius 2 is 2.06 bits per heavy atom. The summed E-state index contributed by atoms with van der Waals surface area (Å²) < 4.78 is 11.2. The molecule has 2 aromatic heterocycles. The summed E-state index contributed by atoms with van der Waals surface area (Å²) >= 11 is 0. The number of fused-ring (bicyclic) bond motifs is 1. The second-order valence-corrected chi connectivity index (χ2v) is 8.74. The summed E-state index contributed by atoms with van der Waals surface area (Å²) in [6.07, 6.45) is 2.56. The van der Waals surface area contributed by atoms with Gasteiger partial charge in [-0.15, -0.1) is 0 Å².